The molecular formula is C29H26F2N2O4. The van der Waals surface area contributed by atoms with E-state index in [1.807, 2.05) is 25.1 Å². The molecule has 1 saturated heterocycles. The summed E-state index contributed by atoms with van der Waals surface area (Å²) in [6.45, 7) is 2.50. The van der Waals surface area contributed by atoms with Crippen molar-refractivity contribution in [2.75, 3.05) is 18.5 Å². The molecule has 3 aliphatic rings. The second-order valence-electron chi connectivity index (χ2n) is 9.84. The summed E-state index contributed by atoms with van der Waals surface area (Å²) in [5, 5.41) is 2.88. The normalized spacial score (nSPS) is 20.5. The first kappa shape index (κ1) is 23.5. The van der Waals surface area contributed by atoms with Gasteiger partial charge in [-0.3, -0.25) is 9.59 Å². The van der Waals surface area contributed by atoms with Gasteiger partial charge in [0.15, 0.2) is 0 Å². The maximum Gasteiger partial charge on any atom is 0.264 e. The Morgan fingerprint density at radius 1 is 1.05 bits per heavy atom. The summed E-state index contributed by atoms with van der Waals surface area (Å²) in [6, 6.07) is 15.3. The molecule has 2 atom stereocenters. The lowest BCUT2D eigenvalue weighted by Crippen LogP contribution is -2.37. The van der Waals surface area contributed by atoms with Crippen LogP contribution < -0.4 is 14.8 Å². The fraction of sp³-hybridized carbons (Fsp3) is 0.310. The average Bonchev–Trinajstić information content (AvgIpc) is 3.23. The third-order valence-corrected chi connectivity index (χ3v) is 7.29. The lowest BCUT2D eigenvalue weighted by molar-refractivity contribution is -0.116. The number of amides is 2. The van der Waals surface area contributed by atoms with Crippen molar-refractivity contribution in [3.8, 4) is 22.6 Å². The molecule has 3 aromatic carbocycles. The van der Waals surface area contributed by atoms with E-state index in [1.165, 1.54) is 6.07 Å². The second-order valence-corrected chi connectivity index (χ2v) is 9.84. The third-order valence-electron chi connectivity index (χ3n) is 7.29. The Labute approximate surface area is 213 Å². The maximum atomic E-state index is 13.9. The van der Waals surface area contributed by atoms with E-state index >= 15 is 0 Å². The number of hydrogen-bond donors (Lipinski definition) is 1. The lowest BCUT2D eigenvalue weighted by Gasteiger charge is -2.22. The van der Waals surface area contributed by atoms with E-state index < -0.39 is 6.43 Å². The molecule has 0 unspecified atom stereocenters. The van der Waals surface area contributed by atoms with Crippen molar-refractivity contribution in [1.82, 2.24) is 4.90 Å². The van der Waals surface area contributed by atoms with Crippen molar-refractivity contribution < 1.29 is 27.8 Å². The van der Waals surface area contributed by atoms with Gasteiger partial charge in [0, 0.05) is 30.2 Å². The molecule has 0 saturated carbocycles. The largest absolute Gasteiger partial charge is 0.491 e. The predicted octanol–water partition coefficient (Wildman–Crippen LogP) is 5.54. The number of benzene rings is 3. The van der Waals surface area contributed by atoms with Crippen LogP contribution in [0.2, 0.25) is 0 Å². The van der Waals surface area contributed by atoms with Crippen LogP contribution in [0.15, 0.2) is 54.6 Å². The molecule has 6 nitrogen and oxygen atoms in total. The molecule has 2 amide bonds. The van der Waals surface area contributed by atoms with Crippen molar-refractivity contribution in [3.63, 3.8) is 0 Å². The van der Waals surface area contributed by atoms with Gasteiger partial charge in [0.05, 0.1) is 18.2 Å². The average molecular weight is 505 g/mol. The molecule has 3 heterocycles. The first-order valence-electron chi connectivity index (χ1n) is 12.4. The number of nitrogens with zero attached hydrogens (tertiary/aromatic N) is 1. The van der Waals surface area contributed by atoms with Gasteiger partial charge in [-0.25, -0.2) is 8.78 Å². The quantitative estimate of drug-likeness (QED) is 0.507. The van der Waals surface area contributed by atoms with Gasteiger partial charge in [0.2, 0.25) is 5.91 Å². The summed E-state index contributed by atoms with van der Waals surface area (Å²) in [5.74, 6) is 0.779. The van der Waals surface area contributed by atoms with Crippen LogP contribution >= 0.6 is 0 Å². The number of ether oxygens (including phenoxy) is 2. The Morgan fingerprint density at radius 2 is 1.89 bits per heavy atom. The van der Waals surface area contributed by atoms with E-state index in [0.717, 1.165) is 16.8 Å². The molecule has 3 aliphatic heterocycles. The molecule has 0 bridgehead atoms. The fourth-order valence-electron chi connectivity index (χ4n) is 5.54. The zero-order valence-electron chi connectivity index (χ0n) is 20.3. The van der Waals surface area contributed by atoms with Crippen LogP contribution in [0.3, 0.4) is 0 Å². The molecule has 1 fully saturated rings. The van der Waals surface area contributed by atoms with Crippen molar-refractivity contribution in [1.29, 1.82) is 0 Å². The number of halogens is 2. The van der Waals surface area contributed by atoms with Crippen LogP contribution in [0, 0.1) is 6.92 Å². The topological polar surface area (TPSA) is 67.9 Å². The molecule has 0 radical (unpaired) electrons. The second kappa shape index (κ2) is 9.18. The number of aryl methyl sites for hydroxylation is 2. The number of carbonyl (C=O) groups excluding carboxylic acids is 2. The molecule has 1 N–H and O–H groups in total. The van der Waals surface area contributed by atoms with Crippen LogP contribution in [0.1, 0.15) is 46.3 Å². The van der Waals surface area contributed by atoms with E-state index in [0.29, 0.717) is 54.0 Å². The molecule has 6 rings (SSSR count). The minimum Gasteiger partial charge on any atom is -0.491 e. The summed E-state index contributed by atoms with van der Waals surface area (Å²) in [5.41, 5.74) is 3.62. The van der Waals surface area contributed by atoms with Gasteiger partial charge >= 0.3 is 0 Å². The highest BCUT2D eigenvalue weighted by Gasteiger charge is 2.41. The highest BCUT2D eigenvalue weighted by molar-refractivity contribution is 6.04. The minimum atomic E-state index is -2.67. The van der Waals surface area contributed by atoms with Crippen LogP contribution in [0.25, 0.3) is 11.1 Å². The summed E-state index contributed by atoms with van der Waals surface area (Å²) in [7, 11) is 0. The molecule has 8 heteroatoms. The van der Waals surface area contributed by atoms with Crippen molar-refractivity contribution in [3.05, 3.63) is 76.9 Å². The zero-order valence-corrected chi connectivity index (χ0v) is 20.3. The fourth-order valence-corrected chi connectivity index (χ4v) is 5.54. The van der Waals surface area contributed by atoms with Gasteiger partial charge in [-0.1, -0.05) is 36.4 Å². The minimum absolute atomic E-state index is 0.0141. The van der Waals surface area contributed by atoms with Crippen LogP contribution in [0.4, 0.5) is 14.5 Å². The number of nitrogens with one attached hydrogen (secondary N) is 1. The number of rotatable bonds is 4. The predicted molar refractivity (Wildman–Crippen MR) is 134 cm³/mol. The molecule has 3 aromatic rings. The van der Waals surface area contributed by atoms with Crippen molar-refractivity contribution in [2.24, 2.45) is 0 Å². The number of carbonyl (C=O) groups is 2. The Bertz CT molecular complexity index is 1410. The zero-order chi connectivity index (χ0) is 25.7. The molecule has 0 spiro atoms. The van der Waals surface area contributed by atoms with Crippen LogP contribution in [-0.2, 0) is 11.2 Å². The number of hydrogen-bond acceptors (Lipinski definition) is 4. The van der Waals surface area contributed by atoms with Gasteiger partial charge in [0.25, 0.3) is 12.3 Å². The van der Waals surface area contributed by atoms with Crippen LogP contribution in [-0.4, -0.2) is 42.0 Å². The first-order valence-corrected chi connectivity index (χ1v) is 12.4. The lowest BCUT2D eigenvalue weighted by atomic mass is 9.92. The van der Waals surface area contributed by atoms with E-state index in [-0.39, 0.29) is 36.1 Å². The summed E-state index contributed by atoms with van der Waals surface area (Å²) in [4.78, 5) is 27.4. The Kier molecular flexibility index (Phi) is 5.82. The third kappa shape index (κ3) is 4.30. The molecule has 0 aromatic heterocycles. The monoisotopic (exact) mass is 504 g/mol. The van der Waals surface area contributed by atoms with E-state index in [2.05, 4.69) is 5.32 Å². The highest BCUT2D eigenvalue weighted by Crippen LogP contribution is 2.41. The number of fused-ring (bicyclic) bond motifs is 3. The van der Waals surface area contributed by atoms with E-state index in [1.54, 1.807) is 35.2 Å². The van der Waals surface area contributed by atoms with Gasteiger partial charge in [-0.15, -0.1) is 0 Å². The summed E-state index contributed by atoms with van der Waals surface area (Å²) in [6.07, 6.45) is -1.20. The standard InChI is InChI=1S/C29H26F2N2O4/c1-16-10-23(21-4-2-3-5-22(21)28(30)31)27-25(11-16)36-15-18-12-20(14-33(18)29(27)35)37-19-8-6-17-7-9-26(34)32-24(17)13-19/h2-6,8,10-11,13,18,20,28H,7,9,12,14-15H2,1H3,(H,32,34)/t18-,20+/m1/s1. The van der Waals surface area contributed by atoms with Crippen molar-refractivity contribution in [2.45, 2.75) is 44.8 Å². The smallest absolute Gasteiger partial charge is 0.264 e. The van der Waals surface area contributed by atoms with Gasteiger partial charge in [-0.05, 0) is 47.7 Å². The molecular weight excluding hydrogens is 478 g/mol. The maximum absolute atomic E-state index is 13.9. The Morgan fingerprint density at radius 3 is 2.73 bits per heavy atom. The van der Waals surface area contributed by atoms with Gasteiger partial charge < -0.3 is 19.7 Å². The summed E-state index contributed by atoms with van der Waals surface area (Å²) < 4.78 is 40.1. The van der Waals surface area contributed by atoms with E-state index in [4.69, 9.17) is 9.47 Å². The van der Waals surface area contributed by atoms with Crippen LogP contribution in [0.5, 0.6) is 11.5 Å². The number of anilines is 1. The molecule has 0 aliphatic carbocycles. The van der Waals surface area contributed by atoms with E-state index in [9.17, 15) is 18.4 Å². The Hall–Kier alpha value is -3.94. The van der Waals surface area contributed by atoms with Crippen molar-refractivity contribution >= 4 is 17.5 Å². The molecule has 190 valence electrons. The van der Waals surface area contributed by atoms with Gasteiger partial charge in [-0.2, -0.15) is 0 Å². The highest BCUT2D eigenvalue weighted by atomic mass is 19.3. The Balaban J connectivity index is 1.30. The van der Waals surface area contributed by atoms with Gasteiger partial charge in [0.1, 0.15) is 24.2 Å². The molecule has 37 heavy (non-hydrogen) atoms. The summed E-state index contributed by atoms with van der Waals surface area (Å²) >= 11 is 0. The SMILES string of the molecule is Cc1cc2c(c(-c3ccccc3C(F)F)c1)C(=O)N1C[C@@H](Oc3ccc4c(c3)NC(=O)CC4)C[C@@H]1CO2. The number of alkyl halides is 2. The first-order chi connectivity index (χ1) is 17.9.